The third-order valence-corrected chi connectivity index (χ3v) is 7.17. The molecule has 0 bridgehead atoms. The standard InChI is InChI=1S/C18H32N2/c1-3-7-17(8-4-1)11-15-12-19-14-20-16(15)18(13-17)9-5-2-6-10-18/h15-16,19-20H,1-14H2. The van der Waals surface area contributed by atoms with Gasteiger partial charge in [-0.05, 0) is 55.3 Å². The van der Waals surface area contributed by atoms with E-state index >= 15 is 0 Å². The Morgan fingerprint density at radius 3 is 2.25 bits per heavy atom. The highest BCUT2D eigenvalue weighted by molar-refractivity contribution is 5.08. The van der Waals surface area contributed by atoms with Crippen LogP contribution < -0.4 is 10.6 Å². The fourth-order valence-electron chi connectivity index (χ4n) is 6.54. The molecule has 2 unspecified atom stereocenters. The quantitative estimate of drug-likeness (QED) is 0.703. The van der Waals surface area contributed by atoms with Gasteiger partial charge in [-0.15, -0.1) is 0 Å². The molecule has 4 fully saturated rings. The Hall–Kier alpha value is -0.0800. The SMILES string of the molecule is C1CCC2(CC1)CC1CNCNC1C1(CCCCC1)C2. The van der Waals surface area contributed by atoms with Crippen LogP contribution in [0, 0.1) is 16.7 Å². The minimum atomic E-state index is 0.667. The minimum Gasteiger partial charge on any atom is -0.304 e. The Kier molecular flexibility index (Phi) is 3.58. The summed E-state index contributed by atoms with van der Waals surface area (Å²) in [5, 5.41) is 7.51. The predicted molar refractivity (Wildman–Crippen MR) is 83.6 cm³/mol. The molecule has 0 aromatic carbocycles. The van der Waals surface area contributed by atoms with E-state index in [-0.39, 0.29) is 0 Å². The molecule has 1 aliphatic heterocycles. The van der Waals surface area contributed by atoms with Crippen molar-refractivity contribution in [2.24, 2.45) is 16.7 Å². The minimum absolute atomic E-state index is 0.667. The van der Waals surface area contributed by atoms with E-state index in [9.17, 15) is 0 Å². The lowest BCUT2D eigenvalue weighted by molar-refractivity contribution is -0.0659. The summed E-state index contributed by atoms with van der Waals surface area (Å²) >= 11 is 0. The first-order chi connectivity index (χ1) is 9.82. The van der Waals surface area contributed by atoms with Crippen LogP contribution in [0.15, 0.2) is 0 Å². The zero-order valence-electron chi connectivity index (χ0n) is 13.1. The molecule has 114 valence electrons. The van der Waals surface area contributed by atoms with Gasteiger partial charge < -0.3 is 10.6 Å². The van der Waals surface area contributed by atoms with Gasteiger partial charge in [0.15, 0.2) is 0 Å². The summed E-state index contributed by atoms with van der Waals surface area (Å²) in [6, 6.07) is 0.830. The van der Waals surface area contributed by atoms with E-state index in [1.54, 1.807) is 6.42 Å². The monoisotopic (exact) mass is 276 g/mol. The zero-order valence-corrected chi connectivity index (χ0v) is 13.1. The molecule has 2 atom stereocenters. The van der Waals surface area contributed by atoms with Crippen molar-refractivity contribution in [2.75, 3.05) is 13.2 Å². The summed E-state index contributed by atoms with van der Waals surface area (Å²) < 4.78 is 0. The largest absolute Gasteiger partial charge is 0.304 e. The molecule has 2 nitrogen and oxygen atoms in total. The van der Waals surface area contributed by atoms with Crippen molar-refractivity contribution >= 4 is 0 Å². The third-order valence-electron chi connectivity index (χ3n) is 7.17. The van der Waals surface area contributed by atoms with Crippen molar-refractivity contribution < 1.29 is 0 Å². The molecule has 0 radical (unpaired) electrons. The topological polar surface area (TPSA) is 24.1 Å². The van der Waals surface area contributed by atoms with E-state index in [1.165, 1.54) is 77.2 Å². The summed E-state index contributed by atoms with van der Waals surface area (Å²) in [6.45, 7) is 2.33. The van der Waals surface area contributed by atoms with Gasteiger partial charge in [0.25, 0.3) is 0 Å². The molecule has 4 aliphatic rings. The van der Waals surface area contributed by atoms with E-state index in [0.717, 1.165) is 24.0 Å². The first-order valence-corrected chi connectivity index (χ1v) is 9.26. The van der Waals surface area contributed by atoms with Gasteiger partial charge in [-0.3, -0.25) is 0 Å². The predicted octanol–water partition coefficient (Wildman–Crippen LogP) is 3.82. The lowest BCUT2D eigenvalue weighted by Crippen LogP contribution is -2.64. The molecule has 0 amide bonds. The zero-order chi connectivity index (χ0) is 13.5. The van der Waals surface area contributed by atoms with Crippen molar-refractivity contribution in [3.63, 3.8) is 0 Å². The Balaban J connectivity index is 1.63. The van der Waals surface area contributed by atoms with Crippen molar-refractivity contribution in [3.8, 4) is 0 Å². The molecule has 20 heavy (non-hydrogen) atoms. The summed E-state index contributed by atoms with van der Waals surface area (Å²) in [5.74, 6) is 0.911. The van der Waals surface area contributed by atoms with Crippen molar-refractivity contribution in [3.05, 3.63) is 0 Å². The highest BCUT2D eigenvalue weighted by Gasteiger charge is 2.54. The third kappa shape index (κ3) is 2.23. The fourth-order valence-corrected chi connectivity index (χ4v) is 6.54. The second kappa shape index (κ2) is 5.28. The maximum atomic E-state index is 3.89. The highest BCUT2D eigenvalue weighted by atomic mass is 15.1. The van der Waals surface area contributed by atoms with Crippen LogP contribution in [-0.2, 0) is 0 Å². The van der Waals surface area contributed by atoms with E-state index < -0.39 is 0 Å². The van der Waals surface area contributed by atoms with Gasteiger partial charge in [-0.2, -0.15) is 0 Å². The normalized spacial score (nSPS) is 39.6. The second-order valence-electron chi connectivity index (χ2n) is 8.44. The van der Waals surface area contributed by atoms with Crippen LogP contribution in [0.5, 0.6) is 0 Å². The molecule has 2 spiro atoms. The molecule has 3 saturated carbocycles. The average molecular weight is 276 g/mol. The van der Waals surface area contributed by atoms with Gasteiger partial charge in [0.05, 0.1) is 0 Å². The highest BCUT2D eigenvalue weighted by Crippen LogP contribution is 2.60. The summed E-state index contributed by atoms with van der Waals surface area (Å²) in [4.78, 5) is 0. The first-order valence-electron chi connectivity index (χ1n) is 9.26. The number of rotatable bonds is 0. The maximum Gasteiger partial charge on any atom is 0.0456 e. The molecule has 4 rings (SSSR count). The molecule has 2 heteroatoms. The lowest BCUT2D eigenvalue weighted by atomic mass is 9.49. The van der Waals surface area contributed by atoms with Crippen LogP contribution in [0.1, 0.15) is 77.0 Å². The molecule has 2 N–H and O–H groups in total. The second-order valence-corrected chi connectivity index (χ2v) is 8.44. The van der Waals surface area contributed by atoms with Crippen molar-refractivity contribution in [2.45, 2.75) is 83.1 Å². The van der Waals surface area contributed by atoms with Crippen LogP contribution in [0.3, 0.4) is 0 Å². The van der Waals surface area contributed by atoms with Crippen LogP contribution in [-0.4, -0.2) is 19.3 Å². The Labute approximate surface area is 124 Å². The van der Waals surface area contributed by atoms with Gasteiger partial charge >= 0.3 is 0 Å². The maximum absolute atomic E-state index is 3.89. The molecule has 1 heterocycles. The average Bonchev–Trinajstić information content (AvgIpc) is 2.49. The van der Waals surface area contributed by atoms with E-state index in [0.29, 0.717) is 5.41 Å². The van der Waals surface area contributed by atoms with E-state index in [1.807, 2.05) is 0 Å². The van der Waals surface area contributed by atoms with Crippen LogP contribution >= 0.6 is 0 Å². The fraction of sp³-hybridized carbons (Fsp3) is 1.00. The number of hydrogen-bond acceptors (Lipinski definition) is 2. The molecule has 1 saturated heterocycles. The Morgan fingerprint density at radius 1 is 0.800 bits per heavy atom. The van der Waals surface area contributed by atoms with Crippen LogP contribution in [0.4, 0.5) is 0 Å². The molecule has 3 aliphatic carbocycles. The van der Waals surface area contributed by atoms with Gasteiger partial charge in [0.2, 0.25) is 0 Å². The Bertz CT molecular complexity index is 339. The number of fused-ring (bicyclic) bond motifs is 2. The van der Waals surface area contributed by atoms with Crippen LogP contribution in [0.25, 0.3) is 0 Å². The molecule has 0 aromatic rings. The van der Waals surface area contributed by atoms with Gasteiger partial charge in [0.1, 0.15) is 0 Å². The molecule has 0 aromatic heterocycles. The number of hydrogen-bond donors (Lipinski definition) is 2. The molecular weight excluding hydrogens is 244 g/mol. The van der Waals surface area contributed by atoms with Crippen LogP contribution in [0.2, 0.25) is 0 Å². The summed E-state index contributed by atoms with van der Waals surface area (Å²) in [5.41, 5.74) is 1.40. The lowest BCUT2D eigenvalue weighted by Gasteiger charge is -2.60. The molecular formula is C18H32N2. The number of nitrogens with one attached hydrogen (secondary N) is 2. The van der Waals surface area contributed by atoms with Crippen molar-refractivity contribution in [1.29, 1.82) is 0 Å². The van der Waals surface area contributed by atoms with E-state index in [4.69, 9.17) is 0 Å². The summed E-state index contributed by atoms with van der Waals surface area (Å²) in [6.07, 6.45) is 18.2. The van der Waals surface area contributed by atoms with E-state index in [2.05, 4.69) is 10.6 Å². The smallest absolute Gasteiger partial charge is 0.0456 e. The van der Waals surface area contributed by atoms with Gasteiger partial charge in [0, 0.05) is 19.3 Å². The Morgan fingerprint density at radius 2 is 1.50 bits per heavy atom. The van der Waals surface area contributed by atoms with Gasteiger partial charge in [-0.1, -0.05) is 38.5 Å². The van der Waals surface area contributed by atoms with Crippen molar-refractivity contribution in [1.82, 2.24) is 10.6 Å². The summed E-state index contributed by atoms with van der Waals surface area (Å²) in [7, 11) is 0. The van der Waals surface area contributed by atoms with Gasteiger partial charge in [-0.25, -0.2) is 0 Å². The first kappa shape index (κ1) is 13.6.